The van der Waals surface area contributed by atoms with Gasteiger partial charge in [-0.2, -0.15) is 0 Å². The Kier molecular flexibility index (Phi) is 4.47. The van der Waals surface area contributed by atoms with Gasteiger partial charge in [-0.1, -0.05) is 19.1 Å². The minimum absolute atomic E-state index is 0.146. The standard InChI is InChI=1S/C24H20N2O3S2/c1-13-6-8-15-20(10-13)31-24(21(15)23-25-16-4-2-3-5-19(16)30-23)26-22(27)14-7-9-17-18(11-14)29-12-28-17/h2-5,7,9,11,13H,6,8,10,12H2,1H3,(H,26,27)/t13-/m0/s1. The molecule has 0 saturated heterocycles. The second-order valence-corrected chi connectivity index (χ2v) is 10.2. The van der Waals surface area contributed by atoms with Crippen LogP contribution in [0.1, 0.15) is 34.1 Å². The summed E-state index contributed by atoms with van der Waals surface area (Å²) in [5.41, 5.74) is 4.00. The number of thiazole rings is 1. The highest BCUT2D eigenvalue weighted by Gasteiger charge is 2.28. The maximum atomic E-state index is 13.1. The summed E-state index contributed by atoms with van der Waals surface area (Å²) in [6.07, 6.45) is 3.24. The van der Waals surface area contributed by atoms with Crippen molar-refractivity contribution in [3.63, 3.8) is 0 Å². The van der Waals surface area contributed by atoms with E-state index in [0.29, 0.717) is 23.0 Å². The SMILES string of the molecule is C[C@H]1CCc2c(sc(NC(=O)c3ccc4c(c3)OCO4)c2-c2nc3ccccc3s2)C1. The third-order valence-corrected chi connectivity index (χ3v) is 8.10. The van der Waals surface area contributed by atoms with E-state index in [1.165, 1.54) is 10.4 Å². The topological polar surface area (TPSA) is 60.5 Å². The molecule has 0 fully saturated rings. The van der Waals surface area contributed by atoms with Crippen molar-refractivity contribution in [1.29, 1.82) is 0 Å². The van der Waals surface area contributed by atoms with Crippen LogP contribution < -0.4 is 14.8 Å². The molecule has 0 radical (unpaired) electrons. The van der Waals surface area contributed by atoms with Crippen LogP contribution in [0, 0.1) is 5.92 Å². The Balaban J connectivity index is 1.41. The molecule has 1 aliphatic heterocycles. The van der Waals surface area contributed by atoms with E-state index in [0.717, 1.165) is 45.1 Å². The summed E-state index contributed by atoms with van der Waals surface area (Å²) in [5.74, 6) is 1.80. The van der Waals surface area contributed by atoms with Gasteiger partial charge in [0.1, 0.15) is 10.0 Å². The van der Waals surface area contributed by atoms with Crippen LogP contribution in [0.3, 0.4) is 0 Å². The third-order valence-electron chi connectivity index (χ3n) is 5.88. The summed E-state index contributed by atoms with van der Waals surface area (Å²) in [5, 5.41) is 5.05. The maximum absolute atomic E-state index is 13.1. The molecule has 2 aromatic heterocycles. The minimum atomic E-state index is -0.146. The van der Waals surface area contributed by atoms with E-state index >= 15 is 0 Å². The molecule has 6 rings (SSSR count). The van der Waals surface area contributed by atoms with E-state index in [1.807, 2.05) is 18.2 Å². The van der Waals surface area contributed by atoms with E-state index in [1.54, 1.807) is 40.9 Å². The molecular weight excluding hydrogens is 428 g/mol. The fraction of sp³-hybridized carbons (Fsp3) is 0.250. The number of anilines is 1. The number of thiophene rings is 1. The molecule has 7 heteroatoms. The number of ether oxygens (including phenoxy) is 2. The van der Waals surface area contributed by atoms with Crippen molar-refractivity contribution in [3.05, 3.63) is 58.5 Å². The predicted octanol–water partition coefficient (Wildman–Crippen LogP) is 6.13. The summed E-state index contributed by atoms with van der Waals surface area (Å²) >= 11 is 3.39. The van der Waals surface area contributed by atoms with Gasteiger partial charge in [0, 0.05) is 16.0 Å². The second-order valence-electron chi connectivity index (χ2n) is 8.06. The largest absolute Gasteiger partial charge is 0.454 e. The summed E-state index contributed by atoms with van der Waals surface area (Å²) < 4.78 is 12.0. The average molecular weight is 449 g/mol. The molecule has 5 nitrogen and oxygen atoms in total. The zero-order valence-electron chi connectivity index (χ0n) is 16.9. The molecule has 3 heterocycles. The lowest BCUT2D eigenvalue weighted by atomic mass is 9.88. The number of rotatable bonds is 3. The number of para-hydroxylation sites is 1. The molecule has 1 atom stereocenters. The number of fused-ring (bicyclic) bond motifs is 3. The fourth-order valence-corrected chi connectivity index (χ4v) is 6.77. The Morgan fingerprint density at radius 3 is 2.90 bits per heavy atom. The third kappa shape index (κ3) is 3.28. The van der Waals surface area contributed by atoms with Crippen molar-refractivity contribution >= 4 is 43.8 Å². The van der Waals surface area contributed by atoms with Crippen LogP contribution in [0.15, 0.2) is 42.5 Å². The van der Waals surface area contributed by atoms with E-state index in [9.17, 15) is 4.79 Å². The van der Waals surface area contributed by atoms with Gasteiger partial charge in [0.2, 0.25) is 6.79 Å². The molecule has 4 aromatic rings. The molecule has 2 aliphatic rings. The fourth-order valence-electron chi connectivity index (χ4n) is 4.26. The Hall–Kier alpha value is -2.90. The van der Waals surface area contributed by atoms with Gasteiger partial charge in [0.05, 0.1) is 10.2 Å². The Morgan fingerprint density at radius 2 is 2.00 bits per heavy atom. The molecule has 2 aromatic carbocycles. The number of nitrogens with zero attached hydrogens (tertiary/aromatic N) is 1. The highest BCUT2D eigenvalue weighted by Crippen LogP contribution is 2.47. The highest BCUT2D eigenvalue weighted by molar-refractivity contribution is 7.23. The molecule has 0 bridgehead atoms. The van der Waals surface area contributed by atoms with Crippen molar-refractivity contribution in [3.8, 4) is 22.1 Å². The van der Waals surface area contributed by atoms with Crippen molar-refractivity contribution in [2.45, 2.75) is 26.2 Å². The first-order valence-corrected chi connectivity index (χ1v) is 12.0. The minimum Gasteiger partial charge on any atom is -0.454 e. The molecule has 0 unspecified atom stereocenters. The van der Waals surface area contributed by atoms with Crippen molar-refractivity contribution in [2.24, 2.45) is 5.92 Å². The number of hydrogen-bond donors (Lipinski definition) is 1. The smallest absolute Gasteiger partial charge is 0.256 e. The zero-order valence-corrected chi connectivity index (χ0v) is 18.6. The van der Waals surface area contributed by atoms with Crippen LogP contribution in [0.25, 0.3) is 20.8 Å². The molecule has 1 N–H and O–H groups in total. The lowest BCUT2D eigenvalue weighted by Crippen LogP contribution is -2.12. The van der Waals surface area contributed by atoms with Gasteiger partial charge in [-0.15, -0.1) is 22.7 Å². The Bertz CT molecular complexity index is 1290. The van der Waals surface area contributed by atoms with Crippen molar-refractivity contribution in [1.82, 2.24) is 4.98 Å². The molecule has 0 spiro atoms. The Morgan fingerprint density at radius 1 is 1.13 bits per heavy atom. The van der Waals surface area contributed by atoms with Gasteiger partial charge < -0.3 is 14.8 Å². The van der Waals surface area contributed by atoms with Crippen LogP contribution in [0.4, 0.5) is 5.00 Å². The van der Waals surface area contributed by atoms with Gasteiger partial charge >= 0.3 is 0 Å². The first kappa shape index (κ1) is 18.8. The van der Waals surface area contributed by atoms with Crippen LogP contribution in [-0.2, 0) is 12.8 Å². The first-order valence-electron chi connectivity index (χ1n) is 10.4. The first-order chi connectivity index (χ1) is 15.2. The molecule has 31 heavy (non-hydrogen) atoms. The van der Waals surface area contributed by atoms with Crippen LogP contribution in [0.2, 0.25) is 0 Å². The summed E-state index contributed by atoms with van der Waals surface area (Å²) in [7, 11) is 0. The molecular formula is C24H20N2O3S2. The van der Waals surface area contributed by atoms with Crippen molar-refractivity contribution < 1.29 is 14.3 Å². The second kappa shape index (κ2) is 7.35. The molecule has 1 aliphatic carbocycles. The van der Waals surface area contributed by atoms with Gasteiger partial charge in [0.25, 0.3) is 5.91 Å². The van der Waals surface area contributed by atoms with Gasteiger partial charge in [-0.25, -0.2) is 4.98 Å². The number of carbonyl (C=O) groups is 1. The highest BCUT2D eigenvalue weighted by atomic mass is 32.1. The number of hydrogen-bond acceptors (Lipinski definition) is 6. The van der Waals surface area contributed by atoms with E-state index in [4.69, 9.17) is 14.5 Å². The predicted molar refractivity (Wildman–Crippen MR) is 125 cm³/mol. The number of nitrogens with one attached hydrogen (secondary N) is 1. The Labute approximate surface area is 187 Å². The average Bonchev–Trinajstić information content (AvgIpc) is 3.48. The van der Waals surface area contributed by atoms with Gasteiger partial charge in [-0.3, -0.25) is 4.79 Å². The summed E-state index contributed by atoms with van der Waals surface area (Å²) in [6, 6.07) is 13.5. The molecule has 156 valence electrons. The number of aromatic nitrogens is 1. The van der Waals surface area contributed by atoms with E-state index in [-0.39, 0.29) is 12.7 Å². The number of amides is 1. The van der Waals surface area contributed by atoms with E-state index < -0.39 is 0 Å². The lowest BCUT2D eigenvalue weighted by molar-refractivity contribution is 0.102. The van der Waals surface area contributed by atoms with Crippen LogP contribution >= 0.6 is 22.7 Å². The van der Waals surface area contributed by atoms with Crippen molar-refractivity contribution in [2.75, 3.05) is 12.1 Å². The van der Waals surface area contributed by atoms with E-state index in [2.05, 4.69) is 18.3 Å². The number of carbonyl (C=O) groups excluding carboxylic acids is 1. The van der Waals surface area contributed by atoms with Crippen LogP contribution in [-0.4, -0.2) is 17.7 Å². The summed E-state index contributed by atoms with van der Waals surface area (Å²) in [4.78, 5) is 19.4. The lowest BCUT2D eigenvalue weighted by Gasteiger charge is -2.18. The quantitative estimate of drug-likeness (QED) is 0.409. The molecule has 0 saturated carbocycles. The van der Waals surface area contributed by atoms with Gasteiger partial charge in [-0.05, 0) is 61.1 Å². The normalized spacial score (nSPS) is 17.0. The molecule has 1 amide bonds. The zero-order chi connectivity index (χ0) is 20.9. The van der Waals surface area contributed by atoms with Crippen LogP contribution in [0.5, 0.6) is 11.5 Å². The maximum Gasteiger partial charge on any atom is 0.256 e. The number of benzene rings is 2. The summed E-state index contributed by atoms with van der Waals surface area (Å²) in [6.45, 7) is 2.49. The van der Waals surface area contributed by atoms with Gasteiger partial charge in [0.15, 0.2) is 11.5 Å². The monoisotopic (exact) mass is 448 g/mol.